The second-order valence-corrected chi connectivity index (χ2v) is 8.63. The van der Waals surface area contributed by atoms with Crippen molar-refractivity contribution in [3.8, 4) is 0 Å². The van der Waals surface area contributed by atoms with Gasteiger partial charge in [0.1, 0.15) is 0 Å². The van der Waals surface area contributed by atoms with Gasteiger partial charge in [0.2, 0.25) is 0 Å². The first-order valence-electron chi connectivity index (χ1n) is 10.2. The largest absolute Gasteiger partial charge is 0.395 e. The fourth-order valence-corrected chi connectivity index (χ4v) is 4.71. The van der Waals surface area contributed by atoms with Gasteiger partial charge in [-0.05, 0) is 54.9 Å². The van der Waals surface area contributed by atoms with Crippen LogP contribution in [-0.2, 0) is 6.54 Å². The summed E-state index contributed by atoms with van der Waals surface area (Å²) in [7, 11) is 0. The maximum absolute atomic E-state index is 12.7. The number of nitrogens with zero attached hydrogens (tertiary/aromatic N) is 2. The molecule has 5 rings (SSSR count). The molecule has 28 heavy (non-hydrogen) atoms. The molecule has 0 atom stereocenters. The van der Waals surface area contributed by atoms with Crippen LogP contribution in [0.4, 0.5) is 13.2 Å². The van der Waals surface area contributed by atoms with E-state index in [2.05, 4.69) is 35.0 Å². The molecular weight excluding hydrogens is 363 g/mol. The van der Waals surface area contributed by atoms with Crippen molar-refractivity contribution < 1.29 is 13.2 Å². The van der Waals surface area contributed by atoms with Crippen LogP contribution < -0.4 is 0 Å². The van der Waals surface area contributed by atoms with Gasteiger partial charge in [-0.15, -0.1) is 0 Å². The summed E-state index contributed by atoms with van der Waals surface area (Å²) in [6.45, 7) is 5.06. The Balaban J connectivity index is 1.30. The molecule has 1 saturated carbocycles. The fourth-order valence-electron chi connectivity index (χ4n) is 4.71. The molecule has 0 bridgehead atoms. The Hall–Kier alpha value is -1.95. The third kappa shape index (κ3) is 3.21. The number of H-pyrrole nitrogens is 1. The van der Waals surface area contributed by atoms with Crippen LogP contribution in [0, 0.1) is 12.8 Å². The lowest BCUT2D eigenvalue weighted by Crippen LogP contribution is -2.53. The van der Waals surface area contributed by atoms with Crippen molar-refractivity contribution in [3.63, 3.8) is 0 Å². The Bertz CT molecular complexity index is 917. The van der Waals surface area contributed by atoms with Gasteiger partial charge in [0.25, 0.3) is 0 Å². The highest BCUT2D eigenvalue weighted by molar-refractivity contribution is 5.87. The van der Waals surface area contributed by atoms with Crippen LogP contribution in [0.3, 0.4) is 0 Å². The molecule has 1 aromatic heterocycles. The Morgan fingerprint density at radius 2 is 2.00 bits per heavy atom. The molecule has 6 heteroatoms. The van der Waals surface area contributed by atoms with E-state index in [1.54, 1.807) is 0 Å². The number of nitrogens with one attached hydrogen (secondary N) is 1. The third-order valence-electron chi connectivity index (χ3n) is 6.61. The van der Waals surface area contributed by atoms with Crippen LogP contribution >= 0.6 is 0 Å². The molecular formula is C22H26F3N3. The number of rotatable bonds is 4. The summed E-state index contributed by atoms with van der Waals surface area (Å²) in [5.41, 5.74) is 6.56. The predicted octanol–water partition coefficient (Wildman–Crippen LogP) is 4.94. The monoisotopic (exact) mass is 389 g/mol. The van der Waals surface area contributed by atoms with Crippen LogP contribution in [-0.4, -0.2) is 47.1 Å². The topological polar surface area (TPSA) is 22.3 Å². The van der Waals surface area contributed by atoms with E-state index in [1.165, 1.54) is 40.4 Å². The number of likely N-dealkylation sites (tertiary alicyclic amines) is 1. The van der Waals surface area contributed by atoms with Crippen molar-refractivity contribution in [1.29, 1.82) is 0 Å². The Morgan fingerprint density at radius 3 is 2.64 bits per heavy atom. The standard InChI is InChI=1S/C22H26F3N3/c1-14-10-19(15-2-3-15)20(18-4-7-26-21(14)18)13-27-8-5-17(6-9-27)28-11-16(12-28)22(23,24)25/h4-5,7,10,15-16,26H,2-3,6,8-9,11-13H2,1H3. The lowest BCUT2D eigenvalue weighted by atomic mass is 9.95. The first-order valence-corrected chi connectivity index (χ1v) is 10.2. The Kier molecular flexibility index (Phi) is 4.23. The summed E-state index contributed by atoms with van der Waals surface area (Å²) in [4.78, 5) is 7.70. The van der Waals surface area contributed by atoms with Gasteiger partial charge in [-0.3, -0.25) is 4.90 Å². The Labute approximate surface area is 163 Å². The average molecular weight is 389 g/mol. The van der Waals surface area contributed by atoms with Crippen LogP contribution in [0.25, 0.3) is 10.9 Å². The molecule has 2 fully saturated rings. The summed E-state index contributed by atoms with van der Waals surface area (Å²) >= 11 is 0. The van der Waals surface area contributed by atoms with Crippen molar-refractivity contribution in [3.05, 3.63) is 46.8 Å². The van der Waals surface area contributed by atoms with E-state index in [0.717, 1.165) is 31.8 Å². The molecule has 3 heterocycles. The van der Waals surface area contributed by atoms with E-state index < -0.39 is 12.1 Å². The van der Waals surface area contributed by atoms with Gasteiger partial charge >= 0.3 is 6.18 Å². The average Bonchev–Trinajstić information content (AvgIpc) is 3.32. The van der Waals surface area contributed by atoms with E-state index in [4.69, 9.17) is 0 Å². The van der Waals surface area contributed by atoms with Crippen molar-refractivity contribution in [2.75, 3.05) is 26.2 Å². The number of aromatic amines is 1. The highest BCUT2D eigenvalue weighted by Gasteiger charge is 2.47. The number of hydrogen-bond acceptors (Lipinski definition) is 2. The minimum Gasteiger partial charge on any atom is -0.374 e. The van der Waals surface area contributed by atoms with Gasteiger partial charge in [-0.2, -0.15) is 13.2 Å². The zero-order chi connectivity index (χ0) is 19.5. The van der Waals surface area contributed by atoms with Gasteiger partial charge in [0.05, 0.1) is 5.92 Å². The van der Waals surface area contributed by atoms with Crippen molar-refractivity contribution >= 4 is 10.9 Å². The lowest BCUT2D eigenvalue weighted by Gasteiger charge is -2.44. The number of benzene rings is 1. The van der Waals surface area contributed by atoms with Crippen LogP contribution in [0.2, 0.25) is 0 Å². The highest BCUT2D eigenvalue weighted by Crippen LogP contribution is 2.44. The molecule has 1 N–H and O–H groups in total. The molecule has 2 aliphatic heterocycles. The normalized spacial score (nSPS) is 21.9. The van der Waals surface area contributed by atoms with Crippen molar-refractivity contribution in [1.82, 2.24) is 14.8 Å². The molecule has 3 aliphatic rings. The zero-order valence-electron chi connectivity index (χ0n) is 16.1. The van der Waals surface area contributed by atoms with Gasteiger partial charge in [0, 0.05) is 55.5 Å². The minimum atomic E-state index is -4.05. The number of hydrogen-bond donors (Lipinski definition) is 1. The van der Waals surface area contributed by atoms with Gasteiger partial charge in [-0.25, -0.2) is 0 Å². The van der Waals surface area contributed by atoms with Crippen LogP contribution in [0.5, 0.6) is 0 Å². The van der Waals surface area contributed by atoms with Crippen molar-refractivity contribution in [2.24, 2.45) is 5.92 Å². The lowest BCUT2D eigenvalue weighted by molar-refractivity contribution is -0.205. The number of fused-ring (bicyclic) bond motifs is 1. The Morgan fingerprint density at radius 1 is 1.21 bits per heavy atom. The number of alkyl halides is 3. The van der Waals surface area contributed by atoms with E-state index >= 15 is 0 Å². The summed E-state index contributed by atoms with van der Waals surface area (Å²) in [6.07, 6.45) is 3.50. The second kappa shape index (κ2) is 6.55. The molecule has 0 radical (unpaired) electrons. The quantitative estimate of drug-likeness (QED) is 0.800. The fraction of sp³-hybridized carbons (Fsp3) is 0.545. The molecule has 0 spiro atoms. The number of aromatic nitrogens is 1. The molecule has 1 saturated heterocycles. The first-order chi connectivity index (χ1) is 13.4. The number of aryl methyl sites for hydroxylation is 1. The maximum Gasteiger partial charge on any atom is 0.395 e. The SMILES string of the molecule is Cc1cc(C2CC2)c(CN2CC=C(N3CC(C(F)(F)F)C3)CC2)c2cc[nH]c12. The summed E-state index contributed by atoms with van der Waals surface area (Å²) in [6, 6.07) is 4.54. The molecule has 1 aromatic carbocycles. The summed E-state index contributed by atoms with van der Waals surface area (Å²) in [5.74, 6) is -0.453. The summed E-state index contributed by atoms with van der Waals surface area (Å²) < 4.78 is 38.2. The van der Waals surface area contributed by atoms with E-state index in [1.807, 2.05) is 11.1 Å². The predicted molar refractivity (Wildman–Crippen MR) is 104 cm³/mol. The molecule has 0 unspecified atom stereocenters. The summed E-state index contributed by atoms with van der Waals surface area (Å²) in [5, 5.41) is 1.33. The highest BCUT2D eigenvalue weighted by atomic mass is 19.4. The van der Waals surface area contributed by atoms with Crippen LogP contribution in [0.1, 0.15) is 41.9 Å². The van der Waals surface area contributed by atoms with E-state index in [-0.39, 0.29) is 13.1 Å². The molecule has 1 aliphatic carbocycles. The van der Waals surface area contributed by atoms with Gasteiger partial charge < -0.3 is 9.88 Å². The zero-order valence-corrected chi connectivity index (χ0v) is 16.1. The molecule has 150 valence electrons. The minimum absolute atomic E-state index is 0.128. The van der Waals surface area contributed by atoms with E-state index in [0.29, 0.717) is 5.92 Å². The third-order valence-corrected chi connectivity index (χ3v) is 6.61. The van der Waals surface area contributed by atoms with Gasteiger partial charge in [0.15, 0.2) is 0 Å². The maximum atomic E-state index is 12.7. The molecule has 0 amide bonds. The molecule has 2 aromatic rings. The van der Waals surface area contributed by atoms with Crippen molar-refractivity contribution in [2.45, 2.75) is 44.8 Å². The smallest absolute Gasteiger partial charge is 0.374 e. The van der Waals surface area contributed by atoms with Crippen LogP contribution in [0.15, 0.2) is 30.1 Å². The van der Waals surface area contributed by atoms with Gasteiger partial charge in [-0.1, -0.05) is 12.1 Å². The second-order valence-electron chi connectivity index (χ2n) is 8.63. The number of halogens is 3. The molecule has 3 nitrogen and oxygen atoms in total. The first kappa shape index (κ1) is 18.1. The van der Waals surface area contributed by atoms with E-state index in [9.17, 15) is 13.2 Å².